The molecule has 0 radical (unpaired) electrons. The van der Waals surface area contributed by atoms with E-state index in [1.165, 1.54) is 12.1 Å². The van der Waals surface area contributed by atoms with Gasteiger partial charge in [0.1, 0.15) is 0 Å². The molecule has 98 valence electrons. The van der Waals surface area contributed by atoms with E-state index in [1.54, 1.807) is 18.2 Å². The quantitative estimate of drug-likeness (QED) is 0.808. The maximum atomic E-state index is 10.9. The van der Waals surface area contributed by atoms with Gasteiger partial charge in [-0.1, -0.05) is 23.2 Å². The molecule has 4 N–H and O–H groups in total. The van der Waals surface area contributed by atoms with Crippen LogP contribution >= 0.6 is 23.2 Å². The van der Waals surface area contributed by atoms with Crippen molar-refractivity contribution in [3.05, 3.63) is 46.1 Å². The van der Waals surface area contributed by atoms with Crippen molar-refractivity contribution in [1.29, 1.82) is 0 Å². The Morgan fingerprint density at radius 3 is 2.68 bits per heavy atom. The molecule has 0 saturated carbocycles. The zero-order valence-corrected chi connectivity index (χ0v) is 11.0. The standard InChI is InChI=1S/C12H9Cl2N3O2/c13-6-1-2-7(14)10(5-6)17-11-8(15)3-4-9(16-11)12(18)19/h1-5H,15H2,(H,16,17)(H,18,19). The van der Waals surface area contributed by atoms with Crippen LogP contribution in [0.25, 0.3) is 0 Å². The first kappa shape index (κ1) is 13.5. The molecule has 0 amide bonds. The number of halogens is 2. The molecular formula is C12H9Cl2N3O2. The number of rotatable bonds is 3. The van der Waals surface area contributed by atoms with E-state index in [1.807, 2.05) is 0 Å². The average Bonchev–Trinajstić information content (AvgIpc) is 2.36. The van der Waals surface area contributed by atoms with Crippen LogP contribution in [0.3, 0.4) is 0 Å². The second-order valence-corrected chi connectivity index (χ2v) is 4.53. The minimum atomic E-state index is -1.14. The largest absolute Gasteiger partial charge is 0.477 e. The Balaban J connectivity index is 2.40. The predicted octanol–water partition coefficient (Wildman–Crippen LogP) is 3.41. The molecule has 2 aromatic rings. The number of benzene rings is 1. The number of aromatic nitrogens is 1. The van der Waals surface area contributed by atoms with Crippen LogP contribution in [0.4, 0.5) is 17.2 Å². The Kier molecular flexibility index (Phi) is 3.78. The van der Waals surface area contributed by atoms with E-state index in [0.29, 0.717) is 21.4 Å². The highest BCUT2D eigenvalue weighted by molar-refractivity contribution is 6.35. The van der Waals surface area contributed by atoms with E-state index < -0.39 is 5.97 Å². The molecule has 2 rings (SSSR count). The summed E-state index contributed by atoms with van der Waals surface area (Å²) in [5.41, 5.74) is 6.42. The number of aromatic carboxylic acids is 1. The Bertz CT molecular complexity index is 647. The van der Waals surface area contributed by atoms with E-state index in [2.05, 4.69) is 10.3 Å². The minimum Gasteiger partial charge on any atom is -0.477 e. The summed E-state index contributed by atoms with van der Waals surface area (Å²) in [6.45, 7) is 0. The van der Waals surface area contributed by atoms with Gasteiger partial charge >= 0.3 is 5.97 Å². The molecule has 0 unspecified atom stereocenters. The number of nitrogens with one attached hydrogen (secondary N) is 1. The van der Waals surface area contributed by atoms with Crippen molar-refractivity contribution < 1.29 is 9.90 Å². The van der Waals surface area contributed by atoms with Gasteiger partial charge in [-0.3, -0.25) is 0 Å². The first-order chi connectivity index (χ1) is 8.97. The highest BCUT2D eigenvalue weighted by Crippen LogP contribution is 2.29. The van der Waals surface area contributed by atoms with Crippen molar-refractivity contribution in [2.45, 2.75) is 0 Å². The van der Waals surface area contributed by atoms with Crippen LogP contribution in [0.2, 0.25) is 10.0 Å². The highest BCUT2D eigenvalue weighted by atomic mass is 35.5. The van der Waals surface area contributed by atoms with Gasteiger partial charge in [0.25, 0.3) is 0 Å². The third kappa shape index (κ3) is 3.07. The summed E-state index contributed by atoms with van der Waals surface area (Å²) in [6, 6.07) is 7.63. The summed E-state index contributed by atoms with van der Waals surface area (Å²) in [4.78, 5) is 14.8. The number of anilines is 3. The van der Waals surface area contributed by atoms with Gasteiger partial charge < -0.3 is 16.2 Å². The topological polar surface area (TPSA) is 88.2 Å². The fourth-order valence-corrected chi connectivity index (χ4v) is 1.75. The van der Waals surface area contributed by atoms with Gasteiger partial charge in [0.2, 0.25) is 0 Å². The molecule has 0 fully saturated rings. The number of pyridine rings is 1. The van der Waals surface area contributed by atoms with E-state index >= 15 is 0 Å². The number of hydrogen-bond donors (Lipinski definition) is 3. The van der Waals surface area contributed by atoms with Crippen molar-refractivity contribution in [3.8, 4) is 0 Å². The summed E-state index contributed by atoms with van der Waals surface area (Å²) in [7, 11) is 0. The van der Waals surface area contributed by atoms with Crippen LogP contribution in [-0.2, 0) is 0 Å². The summed E-state index contributed by atoms with van der Waals surface area (Å²) >= 11 is 11.9. The lowest BCUT2D eigenvalue weighted by Crippen LogP contribution is -2.06. The summed E-state index contributed by atoms with van der Waals surface area (Å²) in [6.07, 6.45) is 0. The van der Waals surface area contributed by atoms with Crippen LogP contribution in [0, 0.1) is 0 Å². The third-order valence-electron chi connectivity index (χ3n) is 2.33. The Hall–Kier alpha value is -1.98. The minimum absolute atomic E-state index is 0.116. The molecule has 1 heterocycles. The normalized spacial score (nSPS) is 10.2. The van der Waals surface area contributed by atoms with E-state index in [9.17, 15) is 4.79 Å². The van der Waals surface area contributed by atoms with E-state index in [4.69, 9.17) is 34.0 Å². The predicted molar refractivity (Wildman–Crippen MR) is 75.4 cm³/mol. The molecule has 0 aliphatic rings. The fourth-order valence-electron chi connectivity index (χ4n) is 1.41. The van der Waals surface area contributed by atoms with Gasteiger partial charge in [-0.25, -0.2) is 9.78 Å². The third-order valence-corrected chi connectivity index (χ3v) is 2.89. The highest BCUT2D eigenvalue weighted by Gasteiger charge is 2.10. The van der Waals surface area contributed by atoms with Crippen molar-refractivity contribution in [2.75, 3.05) is 11.1 Å². The number of nitrogens with zero attached hydrogens (tertiary/aromatic N) is 1. The maximum absolute atomic E-state index is 10.9. The molecule has 0 aliphatic heterocycles. The van der Waals surface area contributed by atoms with Crippen molar-refractivity contribution in [2.24, 2.45) is 0 Å². The number of carbonyl (C=O) groups is 1. The van der Waals surface area contributed by atoms with Gasteiger partial charge in [0.15, 0.2) is 11.5 Å². The van der Waals surface area contributed by atoms with Crippen LogP contribution in [0.15, 0.2) is 30.3 Å². The SMILES string of the molecule is Nc1ccc(C(=O)O)nc1Nc1cc(Cl)ccc1Cl. The van der Waals surface area contributed by atoms with Gasteiger partial charge in [0, 0.05) is 5.02 Å². The molecule has 1 aromatic heterocycles. The average molecular weight is 298 g/mol. The van der Waals surface area contributed by atoms with Gasteiger partial charge in [-0.2, -0.15) is 0 Å². The van der Waals surface area contributed by atoms with E-state index in [0.717, 1.165) is 0 Å². The van der Waals surface area contributed by atoms with Gasteiger partial charge in [0.05, 0.1) is 16.4 Å². The smallest absolute Gasteiger partial charge is 0.354 e. The maximum Gasteiger partial charge on any atom is 0.354 e. The zero-order chi connectivity index (χ0) is 14.0. The number of carboxylic acid groups (broad SMARTS) is 1. The van der Waals surface area contributed by atoms with Gasteiger partial charge in [-0.15, -0.1) is 0 Å². The molecular weight excluding hydrogens is 289 g/mol. The summed E-state index contributed by atoms with van der Waals surface area (Å²) in [5, 5.41) is 12.7. The van der Waals surface area contributed by atoms with Crippen LogP contribution in [-0.4, -0.2) is 16.1 Å². The molecule has 0 spiro atoms. The fraction of sp³-hybridized carbons (Fsp3) is 0. The second-order valence-electron chi connectivity index (χ2n) is 3.69. The van der Waals surface area contributed by atoms with E-state index in [-0.39, 0.29) is 11.5 Å². The van der Waals surface area contributed by atoms with Crippen molar-refractivity contribution in [1.82, 2.24) is 4.98 Å². The molecule has 0 atom stereocenters. The second kappa shape index (κ2) is 5.34. The summed E-state index contributed by atoms with van der Waals surface area (Å²) < 4.78 is 0. The van der Waals surface area contributed by atoms with Crippen LogP contribution in [0.5, 0.6) is 0 Å². The lowest BCUT2D eigenvalue weighted by atomic mass is 10.3. The molecule has 0 saturated heterocycles. The Morgan fingerprint density at radius 2 is 2.00 bits per heavy atom. The summed E-state index contributed by atoms with van der Waals surface area (Å²) in [5.74, 6) is -0.927. The lowest BCUT2D eigenvalue weighted by Gasteiger charge is -2.10. The number of carboxylic acids is 1. The number of nitrogen functional groups attached to an aromatic ring is 1. The molecule has 7 heteroatoms. The first-order valence-electron chi connectivity index (χ1n) is 5.19. The molecule has 0 bridgehead atoms. The zero-order valence-electron chi connectivity index (χ0n) is 9.52. The lowest BCUT2D eigenvalue weighted by molar-refractivity contribution is 0.0690. The first-order valence-corrected chi connectivity index (χ1v) is 5.95. The van der Waals surface area contributed by atoms with Crippen LogP contribution in [0.1, 0.15) is 10.5 Å². The number of nitrogens with two attached hydrogens (primary N) is 1. The molecule has 0 aliphatic carbocycles. The van der Waals surface area contributed by atoms with Crippen molar-refractivity contribution >= 4 is 46.4 Å². The van der Waals surface area contributed by atoms with Crippen molar-refractivity contribution in [3.63, 3.8) is 0 Å². The monoisotopic (exact) mass is 297 g/mol. The van der Waals surface area contributed by atoms with Gasteiger partial charge in [-0.05, 0) is 30.3 Å². The Labute approximate surface area is 119 Å². The molecule has 19 heavy (non-hydrogen) atoms. The molecule has 1 aromatic carbocycles. The Morgan fingerprint density at radius 1 is 1.26 bits per heavy atom. The number of hydrogen-bond acceptors (Lipinski definition) is 4. The molecule has 5 nitrogen and oxygen atoms in total. The van der Waals surface area contributed by atoms with Crippen LogP contribution < -0.4 is 11.1 Å².